The highest BCUT2D eigenvalue weighted by Crippen LogP contribution is 2.27. The Morgan fingerprint density at radius 3 is 2.57 bits per heavy atom. The lowest BCUT2D eigenvalue weighted by Gasteiger charge is -2.34. The number of amides is 1. The first-order valence-electron chi connectivity index (χ1n) is 7.38. The zero-order valence-electron chi connectivity index (χ0n) is 12.1. The lowest BCUT2D eigenvalue weighted by atomic mass is 9.95. The third kappa shape index (κ3) is 2.96. The zero-order valence-corrected chi connectivity index (χ0v) is 12.9. The number of carbonyl (C=O) groups is 1. The number of sulfonamides is 1. The molecule has 1 fully saturated rings. The molecule has 0 bridgehead atoms. The van der Waals surface area contributed by atoms with Crippen LogP contribution in [0.5, 0.6) is 0 Å². The van der Waals surface area contributed by atoms with Crippen LogP contribution in [-0.4, -0.2) is 36.5 Å². The van der Waals surface area contributed by atoms with Crippen molar-refractivity contribution in [3.8, 4) is 0 Å². The van der Waals surface area contributed by atoms with Crippen molar-refractivity contribution in [1.29, 1.82) is 0 Å². The number of benzene rings is 1. The summed E-state index contributed by atoms with van der Waals surface area (Å²) in [6, 6.07) is 7.36. The molecule has 1 aliphatic carbocycles. The van der Waals surface area contributed by atoms with Crippen LogP contribution < -0.4 is 5.32 Å². The van der Waals surface area contributed by atoms with Crippen LogP contribution >= 0.6 is 0 Å². The minimum atomic E-state index is -3.40. The Labute approximate surface area is 125 Å². The minimum absolute atomic E-state index is 0.0162. The van der Waals surface area contributed by atoms with Crippen molar-refractivity contribution < 1.29 is 13.2 Å². The molecule has 2 aliphatic rings. The van der Waals surface area contributed by atoms with Crippen LogP contribution in [0.4, 0.5) is 0 Å². The highest BCUT2D eigenvalue weighted by molar-refractivity contribution is 7.89. The fourth-order valence-electron chi connectivity index (χ4n) is 2.71. The maximum atomic E-state index is 12.4. The Hall–Kier alpha value is -1.40. The van der Waals surface area contributed by atoms with E-state index in [-0.39, 0.29) is 24.2 Å². The van der Waals surface area contributed by atoms with E-state index in [0.29, 0.717) is 6.42 Å². The zero-order chi connectivity index (χ0) is 15.0. The molecule has 3 rings (SSSR count). The van der Waals surface area contributed by atoms with Gasteiger partial charge in [-0.2, -0.15) is 4.31 Å². The monoisotopic (exact) mass is 308 g/mol. The second-order valence-electron chi connectivity index (χ2n) is 5.72. The van der Waals surface area contributed by atoms with E-state index < -0.39 is 16.1 Å². The van der Waals surface area contributed by atoms with E-state index in [0.717, 1.165) is 24.0 Å². The highest BCUT2D eigenvalue weighted by Gasteiger charge is 2.39. The number of nitrogens with zero attached hydrogens (tertiary/aromatic N) is 1. The summed E-state index contributed by atoms with van der Waals surface area (Å²) in [6.07, 6.45) is 2.44. The highest BCUT2D eigenvalue weighted by atomic mass is 32.2. The molecule has 21 heavy (non-hydrogen) atoms. The maximum absolute atomic E-state index is 12.4. The number of hydrogen-bond donors (Lipinski definition) is 1. The first-order chi connectivity index (χ1) is 10.0. The van der Waals surface area contributed by atoms with Crippen LogP contribution in [0.15, 0.2) is 24.3 Å². The largest absolute Gasteiger partial charge is 0.352 e. The van der Waals surface area contributed by atoms with Gasteiger partial charge in [-0.15, -0.1) is 0 Å². The van der Waals surface area contributed by atoms with Gasteiger partial charge < -0.3 is 5.32 Å². The summed E-state index contributed by atoms with van der Waals surface area (Å²) in [5, 5.41) is 2.94. The number of rotatable bonds is 4. The summed E-state index contributed by atoms with van der Waals surface area (Å²) >= 11 is 0. The van der Waals surface area contributed by atoms with E-state index in [9.17, 15) is 13.2 Å². The molecule has 1 unspecified atom stereocenters. The molecule has 1 saturated carbocycles. The molecule has 1 amide bonds. The van der Waals surface area contributed by atoms with E-state index in [1.165, 1.54) is 4.31 Å². The van der Waals surface area contributed by atoms with Crippen molar-refractivity contribution in [3.63, 3.8) is 0 Å². The molecule has 1 aromatic carbocycles. The smallest absolute Gasteiger partial charge is 0.239 e. The first kappa shape index (κ1) is 14.5. The number of nitrogens with one attached hydrogen (secondary N) is 1. The van der Waals surface area contributed by atoms with Gasteiger partial charge in [0, 0.05) is 12.6 Å². The Morgan fingerprint density at radius 2 is 1.95 bits per heavy atom. The van der Waals surface area contributed by atoms with Gasteiger partial charge in [-0.25, -0.2) is 8.42 Å². The van der Waals surface area contributed by atoms with Gasteiger partial charge in [0.25, 0.3) is 0 Å². The lowest BCUT2D eigenvalue weighted by Crippen LogP contribution is -2.53. The van der Waals surface area contributed by atoms with Crippen molar-refractivity contribution >= 4 is 15.9 Å². The van der Waals surface area contributed by atoms with E-state index >= 15 is 0 Å². The van der Waals surface area contributed by atoms with Gasteiger partial charge in [-0.05, 0) is 37.3 Å². The molecule has 1 heterocycles. The standard InChI is InChI=1S/C15H20N2O3S/c1-2-21(19,20)17-10-12-6-4-3-5-11(12)9-14(17)15(18)16-13-7-8-13/h3-6,13-14H,2,7-10H2,1H3,(H,16,18). The van der Waals surface area contributed by atoms with Crippen molar-refractivity contribution in [2.45, 2.75) is 44.8 Å². The molecule has 1 aliphatic heterocycles. The molecular weight excluding hydrogens is 288 g/mol. The second-order valence-corrected chi connectivity index (χ2v) is 7.93. The summed E-state index contributed by atoms with van der Waals surface area (Å²) in [7, 11) is -3.40. The minimum Gasteiger partial charge on any atom is -0.352 e. The van der Waals surface area contributed by atoms with Crippen molar-refractivity contribution in [2.24, 2.45) is 0 Å². The van der Waals surface area contributed by atoms with Gasteiger partial charge in [-0.1, -0.05) is 24.3 Å². The molecule has 1 atom stereocenters. The molecular formula is C15H20N2O3S. The van der Waals surface area contributed by atoms with Gasteiger partial charge in [0.05, 0.1) is 5.75 Å². The maximum Gasteiger partial charge on any atom is 0.239 e. The van der Waals surface area contributed by atoms with Gasteiger partial charge in [0.2, 0.25) is 15.9 Å². The summed E-state index contributed by atoms with van der Waals surface area (Å²) < 4.78 is 26.0. The van der Waals surface area contributed by atoms with Gasteiger partial charge in [0.15, 0.2) is 0 Å². The molecule has 0 aromatic heterocycles. The van der Waals surface area contributed by atoms with Gasteiger partial charge in [-0.3, -0.25) is 4.79 Å². The molecule has 0 spiro atoms. The third-order valence-corrected chi connectivity index (χ3v) is 5.98. The normalized spacial score (nSPS) is 22.6. The lowest BCUT2D eigenvalue weighted by molar-refractivity contribution is -0.125. The summed E-state index contributed by atoms with van der Waals surface area (Å²) in [5.41, 5.74) is 2.06. The van der Waals surface area contributed by atoms with E-state index in [4.69, 9.17) is 0 Å². The van der Waals surface area contributed by atoms with E-state index in [1.54, 1.807) is 6.92 Å². The molecule has 114 valence electrons. The number of hydrogen-bond acceptors (Lipinski definition) is 3. The topological polar surface area (TPSA) is 66.5 Å². The predicted molar refractivity (Wildman–Crippen MR) is 80.1 cm³/mol. The van der Waals surface area contributed by atoms with E-state index in [2.05, 4.69) is 5.32 Å². The Bertz CT molecular complexity index is 653. The Morgan fingerprint density at radius 1 is 1.29 bits per heavy atom. The van der Waals surface area contributed by atoms with Gasteiger partial charge >= 0.3 is 0 Å². The number of carbonyl (C=O) groups excluding carboxylic acids is 1. The quantitative estimate of drug-likeness (QED) is 0.904. The van der Waals surface area contributed by atoms with Crippen molar-refractivity contribution in [2.75, 3.05) is 5.75 Å². The van der Waals surface area contributed by atoms with Crippen LogP contribution in [0.25, 0.3) is 0 Å². The van der Waals surface area contributed by atoms with Crippen molar-refractivity contribution in [1.82, 2.24) is 9.62 Å². The predicted octanol–water partition coefficient (Wildman–Crippen LogP) is 1.04. The molecule has 5 nitrogen and oxygen atoms in total. The fraction of sp³-hybridized carbons (Fsp3) is 0.533. The molecule has 1 aromatic rings. The Kier molecular flexibility index (Phi) is 3.75. The van der Waals surface area contributed by atoms with Crippen LogP contribution in [0, 0.1) is 0 Å². The van der Waals surface area contributed by atoms with Crippen LogP contribution in [0.1, 0.15) is 30.9 Å². The fourth-order valence-corrected chi connectivity index (χ4v) is 3.93. The van der Waals surface area contributed by atoms with Crippen LogP contribution in [0.2, 0.25) is 0 Å². The number of fused-ring (bicyclic) bond motifs is 1. The van der Waals surface area contributed by atoms with Gasteiger partial charge in [0.1, 0.15) is 6.04 Å². The SMILES string of the molecule is CCS(=O)(=O)N1Cc2ccccc2CC1C(=O)NC1CC1. The molecule has 0 radical (unpaired) electrons. The summed E-state index contributed by atoms with van der Waals surface area (Å²) in [6.45, 7) is 1.90. The average Bonchev–Trinajstić information content (AvgIpc) is 3.29. The first-order valence-corrected chi connectivity index (χ1v) is 8.99. The summed E-state index contributed by atoms with van der Waals surface area (Å²) in [5.74, 6) is -0.147. The molecule has 6 heteroatoms. The third-order valence-electron chi connectivity index (χ3n) is 4.15. The van der Waals surface area contributed by atoms with Crippen LogP contribution in [-0.2, 0) is 27.8 Å². The molecule has 0 saturated heterocycles. The average molecular weight is 308 g/mol. The summed E-state index contributed by atoms with van der Waals surface area (Å²) in [4.78, 5) is 12.4. The van der Waals surface area contributed by atoms with E-state index in [1.807, 2.05) is 24.3 Å². The molecule has 1 N–H and O–H groups in total. The second kappa shape index (κ2) is 5.42. The van der Waals surface area contributed by atoms with Crippen LogP contribution in [0.3, 0.4) is 0 Å². The van der Waals surface area contributed by atoms with Crippen molar-refractivity contribution in [3.05, 3.63) is 35.4 Å². The Balaban J connectivity index is 1.92.